The lowest BCUT2D eigenvalue weighted by atomic mass is 9.90. The second-order valence-corrected chi connectivity index (χ2v) is 4.80. The number of alkyl halides is 1. The highest BCUT2D eigenvalue weighted by molar-refractivity contribution is 7.99. The van der Waals surface area contributed by atoms with E-state index >= 15 is 0 Å². The van der Waals surface area contributed by atoms with Crippen molar-refractivity contribution >= 4 is 11.8 Å². The van der Waals surface area contributed by atoms with Crippen molar-refractivity contribution in [1.82, 2.24) is 5.32 Å². The summed E-state index contributed by atoms with van der Waals surface area (Å²) in [6.07, 6.45) is 2.50. The number of hydrogen-bond acceptors (Lipinski definition) is 2. The molecule has 11 heavy (non-hydrogen) atoms. The molecule has 1 spiro atoms. The number of nitrogens with one attached hydrogen (secondary N) is 1. The molecule has 64 valence electrons. The lowest BCUT2D eigenvalue weighted by Gasteiger charge is -2.32. The summed E-state index contributed by atoms with van der Waals surface area (Å²) in [7, 11) is 0. The van der Waals surface area contributed by atoms with Gasteiger partial charge in [0.05, 0.1) is 0 Å². The molecule has 3 heteroatoms. The Labute approximate surface area is 71.1 Å². The molecule has 1 nitrogen and oxygen atoms in total. The number of rotatable bonds is 0. The maximum atomic E-state index is 12.9. The molecule has 0 radical (unpaired) electrons. The van der Waals surface area contributed by atoms with E-state index in [1.807, 2.05) is 11.8 Å². The van der Waals surface area contributed by atoms with Crippen molar-refractivity contribution in [3.8, 4) is 0 Å². The molecule has 2 heterocycles. The summed E-state index contributed by atoms with van der Waals surface area (Å²) in [6, 6.07) is 0. The molecule has 2 aliphatic heterocycles. The van der Waals surface area contributed by atoms with E-state index in [1.54, 1.807) is 0 Å². The maximum Gasteiger partial charge on any atom is 0.114 e. The third-order valence-electron chi connectivity index (χ3n) is 2.76. The van der Waals surface area contributed by atoms with Crippen molar-refractivity contribution in [3.05, 3.63) is 0 Å². The topological polar surface area (TPSA) is 12.0 Å². The van der Waals surface area contributed by atoms with Crippen molar-refractivity contribution in [2.45, 2.75) is 31.0 Å². The third kappa shape index (κ3) is 1.54. The van der Waals surface area contributed by atoms with E-state index < -0.39 is 6.17 Å². The van der Waals surface area contributed by atoms with Crippen LogP contribution in [0.1, 0.15) is 19.3 Å². The van der Waals surface area contributed by atoms with Crippen LogP contribution in [0.15, 0.2) is 0 Å². The molecule has 0 bridgehead atoms. The predicted molar refractivity (Wildman–Crippen MR) is 46.8 cm³/mol. The van der Waals surface area contributed by atoms with Crippen LogP contribution in [-0.2, 0) is 0 Å². The van der Waals surface area contributed by atoms with Gasteiger partial charge in [-0.3, -0.25) is 0 Å². The van der Waals surface area contributed by atoms with Gasteiger partial charge >= 0.3 is 0 Å². The second-order valence-electron chi connectivity index (χ2n) is 3.58. The zero-order chi connectivity index (χ0) is 7.73. The maximum absolute atomic E-state index is 12.9. The SMILES string of the molecule is FC1CNC2(CCSCC2)C1. The molecule has 0 aromatic heterocycles. The summed E-state index contributed by atoms with van der Waals surface area (Å²) in [6.45, 7) is 0.588. The van der Waals surface area contributed by atoms with E-state index in [1.165, 1.54) is 11.5 Å². The molecule has 2 aliphatic rings. The summed E-state index contributed by atoms with van der Waals surface area (Å²) < 4.78 is 12.9. The van der Waals surface area contributed by atoms with Crippen LogP contribution in [0.2, 0.25) is 0 Å². The minimum absolute atomic E-state index is 0.199. The average Bonchev–Trinajstić information content (AvgIpc) is 2.34. The standard InChI is InChI=1S/C8H14FNS/c9-7-5-8(10-6-7)1-3-11-4-2-8/h7,10H,1-6H2. The van der Waals surface area contributed by atoms with Gasteiger partial charge in [-0.2, -0.15) is 11.8 Å². The van der Waals surface area contributed by atoms with E-state index in [0.717, 1.165) is 19.3 Å². The Kier molecular flexibility index (Phi) is 2.10. The molecule has 1 unspecified atom stereocenters. The van der Waals surface area contributed by atoms with E-state index in [9.17, 15) is 4.39 Å². The first-order valence-electron chi connectivity index (χ1n) is 4.28. The summed E-state index contributed by atoms with van der Waals surface area (Å²) in [5.41, 5.74) is 0.199. The van der Waals surface area contributed by atoms with E-state index in [0.29, 0.717) is 6.54 Å². The van der Waals surface area contributed by atoms with Crippen molar-refractivity contribution in [3.63, 3.8) is 0 Å². The van der Waals surface area contributed by atoms with E-state index in [4.69, 9.17) is 0 Å². The van der Waals surface area contributed by atoms with Crippen molar-refractivity contribution in [2.75, 3.05) is 18.1 Å². The summed E-state index contributed by atoms with van der Waals surface area (Å²) in [4.78, 5) is 0. The third-order valence-corrected chi connectivity index (χ3v) is 3.75. The normalized spacial score (nSPS) is 36.3. The van der Waals surface area contributed by atoms with Gasteiger partial charge in [-0.05, 0) is 30.8 Å². The number of hydrogen-bond donors (Lipinski definition) is 1. The van der Waals surface area contributed by atoms with Crippen molar-refractivity contribution in [1.29, 1.82) is 0 Å². The molecule has 2 rings (SSSR count). The molecule has 1 N–H and O–H groups in total. The fraction of sp³-hybridized carbons (Fsp3) is 1.00. The minimum Gasteiger partial charge on any atom is -0.308 e. The van der Waals surface area contributed by atoms with E-state index in [-0.39, 0.29) is 5.54 Å². The zero-order valence-corrected chi connectivity index (χ0v) is 7.42. The largest absolute Gasteiger partial charge is 0.308 e. The van der Waals surface area contributed by atoms with Gasteiger partial charge in [0.2, 0.25) is 0 Å². The molecule has 0 aromatic carbocycles. The lowest BCUT2D eigenvalue weighted by molar-refractivity contribution is 0.303. The molecule has 1 atom stereocenters. The first-order chi connectivity index (χ1) is 5.31. The highest BCUT2D eigenvalue weighted by Gasteiger charge is 2.39. The summed E-state index contributed by atoms with van der Waals surface area (Å²) in [5, 5.41) is 3.33. The van der Waals surface area contributed by atoms with Gasteiger partial charge in [0.15, 0.2) is 0 Å². The van der Waals surface area contributed by atoms with Gasteiger partial charge in [-0.15, -0.1) is 0 Å². The van der Waals surface area contributed by atoms with Gasteiger partial charge in [-0.1, -0.05) is 0 Å². The highest BCUT2D eigenvalue weighted by atomic mass is 32.2. The Bertz CT molecular complexity index is 140. The first-order valence-corrected chi connectivity index (χ1v) is 5.43. The quantitative estimate of drug-likeness (QED) is 0.600. The molecule has 0 amide bonds. The van der Waals surface area contributed by atoms with Gasteiger partial charge in [0, 0.05) is 12.1 Å². The Balaban J connectivity index is 1.98. The molecule has 0 aliphatic carbocycles. The molecule has 2 saturated heterocycles. The predicted octanol–water partition coefficient (Wildman–Crippen LogP) is 1.58. The van der Waals surface area contributed by atoms with Crippen LogP contribution in [0.5, 0.6) is 0 Å². The van der Waals surface area contributed by atoms with Crippen LogP contribution in [0.4, 0.5) is 4.39 Å². The van der Waals surface area contributed by atoms with Gasteiger partial charge in [-0.25, -0.2) is 4.39 Å². The molecule has 0 saturated carbocycles. The monoisotopic (exact) mass is 175 g/mol. The molecule has 2 fully saturated rings. The Morgan fingerprint density at radius 2 is 2.09 bits per heavy atom. The highest BCUT2D eigenvalue weighted by Crippen LogP contribution is 2.34. The van der Waals surface area contributed by atoms with Gasteiger partial charge < -0.3 is 5.32 Å². The molecular weight excluding hydrogens is 161 g/mol. The average molecular weight is 175 g/mol. The Hall–Kier alpha value is 0.240. The van der Waals surface area contributed by atoms with Gasteiger partial charge in [0.1, 0.15) is 6.17 Å². The lowest BCUT2D eigenvalue weighted by Crippen LogP contribution is -2.42. The fourth-order valence-electron chi connectivity index (χ4n) is 2.04. The van der Waals surface area contributed by atoms with Crippen LogP contribution in [0.25, 0.3) is 0 Å². The molecular formula is C8H14FNS. The second kappa shape index (κ2) is 2.94. The summed E-state index contributed by atoms with van der Waals surface area (Å²) >= 11 is 1.99. The van der Waals surface area contributed by atoms with Crippen LogP contribution < -0.4 is 5.32 Å². The van der Waals surface area contributed by atoms with Gasteiger partial charge in [0.25, 0.3) is 0 Å². The minimum atomic E-state index is -0.585. The smallest absolute Gasteiger partial charge is 0.114 e. The number of thioether (sulfide) groups is 1. The zero-order valence-electron chi connectivity index (χ0n) is 6.61. The van der Waals surface area contributed by atoms with Crippen molar-refractivity contribution in [2.24, 2.45) is 0 Å². The fourth-order valence-corrected chi connectivity index (χ4v) is 3.31. The van der Waals surface area contributed by atoms with E-state index in [2.05, 4.69) is 5.32 Å². The van der Waals surface area contributed by atoms with Crippen LogP contribution in [-0.4, -0.2) is 29.8 Å². The Morgan fingerprint density at radius 3 is 2.64 bits per heavy atom. The first kappa shape index (κ1) is 7.87. The van der Waals surface area contributed by atoms with Crippen molar-refractivity contribution < 1.29 is 4.39 Å². The molecule has 0 aromatic rings. The van der Waals surface area contributed by atoms with Crippen LogP contribution in [0, 0.1) is 0 Å². The van der Waals surface area contributed by atoms with Crippen LogP contribution in [0.3, 0.4) is 0 Å². The summed E-state index contributed by atoms with van der Waals surface area (Å²) in [5.74, 6) is 2.42. The Morgan fingerprint density at radius 1 is 1.36 bits per heavy atom. The van der Waals surface area contributed by atoms with Crippen LogP contribution >= 0.6 is 11.8 Å². The number of halogens is 1.